The van der Waals surface area contributed by atoms with Crippen LogP contribution in [0, 0.1) is 6.92 Å². The highest BCUT2D eigenvalue weighted by molar-refractivity contribution is 5.94. The number of anilines is 1. The number of hydrogen-bond donors (Lipinski definition) is 2. The van der Waals surface area contributed by atoms with Crippen molar-refractivity contribution >= 4 is 11.6 Å². The van der Waals surface area contributed by atoms with Crippen LogP contribution >= 0.6 is 0 Å². The lowest BCUT2D eigenvalue weighted by molar-refractivity contribution is 0.0706. The molecule has 18 heavy (non-hydrogen) atoms. The van der Waals surface area contributed by atoms with Gasteiger partial charge in [0.05, 0.1) is 12.3 Å². The first-order valence-electron chi connectivity index (χ1n) is 5.99. The molecule has 0 saturated heterocycles. The number of ether oxygens (including phenoxy) is 1. The third-order valence-corrected chi connectivity index (χ3v) is 2.86. The van der Waals surface area contributed by atoms with E-state index >= 15 is 0 Å². The lowest BCUT2D eigenvalue weighted by Gasteiger charge is -2.21. The maximum Gasteiger partial charge on any atom is 0.253 e. The first-order chi connectivity index (χ1) is 8.63. The van der Waals surface area contributed by atoms with Gasteiger partial charge < -0.3 is 15.1 Å². The number of nitrogens with two attached hydrogens (primary N) is 1. The van der Waals surface area contributed by atoms with E-state index in [4.69, 9.17) is 10.6 Å². The molecule has 0 radical (unpaired) electrons. The molecular formula is C13H21N3O2. The van der Waals surface area contributed by atoms with Crippen LogP contribution < -0.4 is 11.3 Å². The Balaban J connectivity index is 2.84. The molecule has 0 saturated carbocycles. The Kier molecular flexibility index (Phi) is 5.61. The predicted octanol–water partition coefficient (Wildman–Crippen LogP) is 1.39. The number of nitrogen functional groups attached to an aromatic ring is 1. The molecule has 5 nitrogen and oxygen atoms in total. The number of methoxy groups -OCH3 is 1. The molecule has 0 spiro atoms. The monoisotopic (exact) mass is 251 g/mol. The molecule has 0 aliphatic rings. The Morgan fingerprint density at radius 3 is 2.72 bits per heavy atom. The molecule has 1 aromatic rings. The number of hydrogen-bond acceptors (Lipinski definition) is 4. The Hall–Kier alpha value is -1.59. The fraction of sp³-hybridized carbons (Fsp3) is 0.462. The molecule has 0 bridgehead atoms. The topological polar surface area (TPSA) is 67.6 Å². The number of aryl methyl sites for hydroxylation is 1. The first kappa shape index (κ1) is 14.5. The van der Waals surface area contributed by atoms with Crippen LogP contribution in [0.1, 0.15) is 22.8 Å². The van der Waals surface area contributed by atoms with Gasteiger partial charge in [0, 0.05) is 25.8 Å². The highest BCUT2D eigenvalue weighted by Crippen LogP contribution is 2.16. The summed E-state index contributed by atoms with van der Waals surface area (Å²) in [4.78, 5) is 14.0. The van der Waals surface area contributed by atoms with E-state index in [1.165, 1.54) is 0 Å². The number of rotatable bonds is 6. The average Bonchev–Trinajstić information content (AvgIpc) is 2.39. The third-order valence-electron chi connectivity index (χ3n) is 2.86. The van der Waals surface area contributed by atoms with E-state index in [2.05, 4.69) is 5.43 Å². The van der Waals surface area contributed by atoms with Crippen LogP contribution in [0.25, 0.3) is 0 Å². The highest BCUT2D eigenvalue weighted by atomic mass is 16.5. The van der Waals surface area contributed by atoms with Crippen molar-refractivity contribution in [3.05, 3.63) is 29.3 Å². The van der Waals surface area contributed by atoms with Crippen molar-refractivity contribution < 1.29 is 9.53 Å². The predicted molar refractivity (Wildman–Crippen MR) is 72.4 cm³/mol. The van der Waals surface area contributed by atoms with Crippen LogP contribution in [0.4, 0.5) is 5.69 Å². The normalized spacial score (nSPS) is 10.2. The number of amides is 1. The summed E-state index contributed by atoms with van der Waals surface area (Å²) in [7, 11) is 1.63. The van der Waals surface area contributed by atoms with Crippen LogP contribution in [-0.4, -0.2) is 37.6 Å². The van der Waals surface area contributed by atoms with E-state index < -0.39 is 0 Å². The number of carbonyl (C=O) groups is 1. The van der Waals surface area contributed by atoms with Gasteiger partial charge >= 0.3 is 0 Å². The second-order valence-electron chi connectivity index (χ2n) is 4.05. The van der Waals surface area contributed by atoms with Gasteiger partial charge in [-0.05, 0) is 37.6 Å². The fourth-order valence-electron chi connectivity index (χ4n) is 1.75. The van der Waals surface area contributed by atoms with Crippen LogP contribution in [-0.2, 0) is 4.74 Å². The molecule has 5 heteroatoms. The summed E-state index contributed by atoms with van der Waals surface area (Å²) in [6.07, 6.45) is 0. The van der Waals surface area contributed by atoms with E-state index in [0.717, 1.165) is 11.3 Å². The summed E-state index contributed by atoms with van der Waals surface area (Å²) in [5, 5.41) is 0. The highest BCUT2D eigenvalue weighted by Gasteiger charge is 2.14. The SMILES string of the molecule is CCN(CCOC)C(=O)c1ccc(NN)c(C)c1. The van der Waals surface area contributed by atoms with Crippen molar-refractivity contribution in [1.82, 2.24) is 4.90 Å². The van der Waals surface area contributed by atoms with Crippen molar-refractivity contribution in [3.8, 4) is 0 Å². The van der Waals surface area contributed by atoms with Gasteiger partial charge in [-0.2, -0.15) is 0 Å². The number of carbonyl (C=O) groups excluding carboxylic acids is 1. The zero-order valence-corrected chi connectivity index (χ0v) is 11.2. The molecule has 0 atom stereocenters. The van der Waals surface area contributed by atoms with Gasteiger partial charge in [-0.3, -0.25) is 10.6 Å². The second-order valence-corrected chi connectivity index (χ2v) is 4.05. The molecule has 1 aromatic carbocycles. The van der Waals surface area contributed by atoms with Gasteiger partial charge in [-0.15, -0.1) is 0 Å². The van der Waals surface area contributed by atoms with Crippen molar-refractivity contribution in [2.45, 2.75) is 13.8 Å². The summed E-state index contributed by atoms with van der Waals surface area (Å²) in [6.45, 7) is 5.68. The summed E-state index contributed by atoms with van der Waals surface area (Å²) >= 11 is 0. The van der Waals surface area contributed by atoms with E-state index in [1.807, 2.05) is 26.0 Å². The van der Waals surface area contributed by atoms with E-state index in [-0.39, 0.29) is 5.91 Å². The number of likely N-dealkylation sites (N-methyl/N-ethyl adjacent to an activating group) is 1. The minimum absolute atomic E-state index is 0.0150. The number of nitrogens with zero attached hydrogens (tertiary/aromatic N) is 1. The summed E-state index contributed by atoms with van der Waals surface area (Å²) in [5.74, 6) is 5.38. The molecular weight excluding hydrogens is 230 g/mol. The molecule has 0 fully saturated rings. The zero-order chi connectivity index (χ0) is 13.5. The quantitative estimate of drug-likeness (QED) is 0.592. The van der Waals surface area contributed by atoms with Crippen molar-refractivity contribution in [2.75, 3.05) is 32.2 Å². The molecule has 0 aliphatic heterocycles. The Labute approximate surface area is 108 Å². The minimum Gasteiger partial charge on any atom is -0.383 e. The van der Waals surface area contributed by atoms with Crippen LogP contribution in [0.5, 0.6) is 0 Å². The van der Waals surface area contributed by atoms with Crippen molar-refractivity contribution in [3.63, 3.8) is 0 Å². The molecule has 1 rings (SSSR count). The van der Waals surface area contributed by atoms with Gasteiger partial charge in [0.2, 0.25) is 0 Å². The van der Waals surface area contributed by atoms with Crippen LogP contribution in [0.2, 0.25) is 0 Å². The molecule has 100 valence electrons. The minimum atomic E-state index is 0.0150. The molecule has 0 aromatic heterocycles. The van der Waals surface area contributed by atoms with Crippen molar-refractivity contribution in [2.24, 2.45) is 5.84 Å². The summed E-state index contributed by atoms with van der Waals surface area (Å²) in [5.41, 5.74) is 5.04. The van der Waals surface area contributed by atoms with Gasteiger partial charge in [-0.1, -0.05) is 0 Å². The lowest BCUT2D eigenvalue weighted by atomic mass is 10.1. The molecule has 0 unspecified atom stereocenters. The van der Waals surface area contributed by atoms with E-state index in [1.54, 1.807) is 18.1 Å². The molecule has 0 heterocycles. The molecule has 0 aliphatic carbocycles. The standard InChI is InChI=1S/C13H21N3O2/c1-4-16(7-8-18-3)13(17)11-5-6-12(15-14)10(2)9-11/h5-6,9,15H,4,7-8,14H2,1-3H3. The number of hydrazine groups is 1. The van der Waals surface area contributed by atoms with Crippen LogP contribution in [0.15, 0.2) is 18.2 Å². The fourth-order valence-corrected chi connectivity index (χ4v) is 1.75. The van der Waals surface area contributed by atoms with Crippen molar-refractivity contribution in [1.29, 1.82) is 0 Å². The van der Waals surface area contributed by atoms with Gasteiger partial charge in [0.15, 0.2) is 0 Å². The molecule has 1 amide bonds. The van der Waals surface area contributed by atoms with E-state index in [9.17, 15) is 4.79 Å². The number of benzene rings is 1. The Morgan fingerprint density at radius 1 is 1.50 bits per heavy atom. The molecule has 3 N–H and O–H groups in total. The first-order valence-corrected chi connectivity index (χ1v) is 5.99. The maximum absolute atomic E-state index is 12.3. The summed E-state index contributed by atoms with van der Waals surface area (Å²) in [6, 6.07) is 5.43. The van der Waals surface area contributed by atoms with Gasteiger partial charge in [0.1, 0.15) is 0 Å². The Morgan fingerprint density at radius 2 is 2.22 bits per heavy atom. The smallest absolute Gasteiger partial charge is 0.253 e. The maximum atomic E-state index is 12.3. The zero-order valence-electron chi connectivity index (χ0n) is 11.2. The lowest BCUT2D eigenvalue weighted by Crippen LogP contribution is -2.33. The van der Waals surface area contributed by atoms with E-state index in [0.29, 0.717) is 25.3 Å². The summed E-state index contributed by atoms with van der Waals surface area (Å²) < 4.78 is 5.00. The second kappa shape index (κ2) is 6.98. The van der Waals surface area contributed by atoms with Gasteiger partial charge in [0.25, 0.3) is 5.91 Å². The average molecular weight is 251 g/mol. The number of nitrogens with one attached hydrogen (secondary N) is 1. The third kappa shape index (κ3) is 3.45. The van der Waals surface area contributed by atoms with Gasteiger partial charge in [-0.25, -0.2) is 0 Å². The Bertz CT molecular complexity index is 407. The van der Waals surface area contributed by atoms with Crippen LogP contribution in [0.3, 0.4) is 0 Å². The largest absolute Gasteiger partial charge is 0.383 e.